The zero-order chi connectivity index (χ0) is 17.4. The Bertz CT molecular complexity index is 800. The second kappa shape index (κ2) is 6.33. The molecular formula is C18H21ClN4O2. The fourth-order valence-corrected chi connectivity index (χ4v) is 4.16. The fraction of sp³-hybridized carbons (Fsp3) is 0.500. The highest BCUT2D eigenvalue weighted by Gasteiger charge is 2.46. The Kier molecular flexibility index (Phi) is 4.15. The van der Waals surface area contributed by atoms with Gasteiger partial charge in [-0.05, 0) is 44.6 Å². The maximum Gasteiger partial charge on any atom is 0.272 e. The lowest BCUT2D eigenvalue weighted by atomic mass is 9.70. The van der Waals surface area contributed by atoms with Gasteiger partial charge in [-0.2, -0.15) is 5.10 Å². The van der Waals surface area contributed by atoms with E-state index in [9.17, 15) is 4.79 Å². The molecule has 6 nitrogen and oxygen atoms in total. The van der Waals surface area contributed by atoms with Gasteiger partial charge in [-0.25, -0.2) is 4.98 Å². The summed E-state index contributed by atoms with van der Waals surface area (Å²) in [4.78, 5) is 19.2. The number of ether oxygens (including phenoxy) is 1. The van der Waals surface area contributed by atoms with Crippen molar-refractivity contribution in [1.29, 1.82) is 0 Å². The highest BCUT2D eigenvalue weighted by atomic mass is 35.5. The monoisotopic (exact) mass is 360 g/mol. The lowest BCUT2D eigenvalue weighted by molar-refractivity contribution is -0.00628. The van der Waals surface area contributed by atoms with Crippen LogP contribution in [0, 0.1) is 0 Å². The Morgan fingerprint density at radius 3 is 2.80 bits per heavy atom. The van der Waals surface area contributed by atoms with Crippen LogP contribution < -0.4 is 4.74 Å². The van der Waals surface area contributed by atoms with Gasteiger partial charge in [0.2, 0.25) is 5.88 Å². The number of hydrogen-bond donors (Lipinski definition) is 1. The van der Waals surface area contributed by atoms with E-state index in [1.54, 1.807) is 19.2 Å². The number of carbonyl (C=O) groups is 1. The second-order valence-electron chi connectivity index (χ2n) is 6.87. The van der Waals surface area contributed by atoms with Gasteiger partial charge in [0.15, 0.2) is 0 Å². The topological polar surface area (TPSA) is 71.1 Å². The normalized spacial score (nSPS) is 18.9. The van der Waals surface area contributed by atoms with Gasteiger partial charge >= 0.3 is 0 Å². The van der Waals surface area contributed by atoms with Crippen LogP contribution in [0.3, 0.4) is 0 Å². The van der Waals surface area contributed by atoms with Crippen LogP contribution in [-0.4, -0.2) is 45.2 Å². The standard InChI is InChI=1S/C18H21ClN4O2/c1-25-16-9-12(13(19)11-20-16)14-10-15(22-21-14)17(24)23-8-3-2-5-18(23)6-4-7-18/h9-11H,2-8H2,1H3,(H,21,22). The summed E-state index contributed by atoms with van der Waals surface area (Å²) < 4.78 is 5.15. The molecule has 0 unspecified atom stereocenters. The summed E-state index contributed by atoms with van der Waals surface area (Å²) in [5.41, 5.74) is 1.91. The van der Waals surface area contributed by atoms with Crippen molar-refractivity contribution in [1.82, 2.24) is 20.1 Å². The minimum absolute atomic E-state index is 0.0373. The largest absolute Gasteiger partial charge is 0.481 e. The first kappa shape index (κ1) is 16.4. The Hall–Kier alpha value is -2.08. The summed E-state index contributed by atoms with van der Waals surface area (Å²) in [5, 5.41) is 7.65. The Morgan fingerprint density at radius 2 is 2.08 bits per heavy atom. The Labute approximate surface area is 151 Å². The first-order chi connectivity index (χ1) is 12.1. The molecule has 1 amide bonds. The molecular weight excluding hydrogens is 340 g/mol. The van der Waals surface area contributed by atoms with Gasteiger partial charge in [0.1, 0.15) is 5.69 Å². The lowest BCUT2D eigenvalue weighted by Crippen LogP contribution is -2.58. The molecule has 0 atom stereocenters. The van der Waals surface area contributed by atoms with Gasteiger partial charge in [-0.15, -0.1) is 0 Å². The summed E-state index contributed by atoms with van der Waals surface area (Å²) in [6.45, 7) is 0.830. The highest BCUT2D eigenvalue weighted by Crippen LogP contribution is 2.45. The molecule has 1 saturated carbocycles. The number of hydrogen-bond acceptors (Lipinski definition) is 4. The van der Waals surface area contributed by atoms with Crippen molar-refractivity contribution in [3.8, 4) is 17.1 Å². The summed E-state index contributed by atoms with van der Waals surface area (Å²) in [7, 11) is 1.55. The molecule has 7 heteroatoms. The average molecular weight is 361 g/mol. The molecule has 1 aliphatic carbocycles. The summed E-state index contributed by atoms with van der Waals surface area (Å²) in [5.74, 6) is 0.495. The third-order valence-electron chi connectivity index (χ3n) is 5.50. The van der Waals surface area contributed by atoms with Gasteiger partial charge < -0.3 is 9.64 Å². The molecule has 2 aromatic rings. The van der Waals surface area contributed by atoms with E-state index in [1.165, 1.54) is 19.0 Å². The van der Waals surface area contributed by atoms with Crippen molar-refractivity contribution in [2.75, 3.05) is 13.7 Å². The number of nitrogens with one attached hydrogen (secondary N) is 1. The quantitative estimate of drug-likeness (QED) is 0.906. The molecule has 1 saturated heterocycles. The number of pyridine rings is 1. The minimum atomic E-state index is 0.0373. The van der Waals surface area contributed by atoms with Gasteiger partial charge in [0, 0.05) is 23.7 Å². The van der Waals surface area contributed by atoms with Crippen LogP contribution in [0.25, 0.3) is 11.3 Å². The number of rotatable bonds is 3. The third-order valence-corrected chi connectivity index (χ3v) is 5.80. The lowest BCUT2D eigenvalue weighted by Gasteiger charge is -2.53. The van der Waals surface area contributed by atoms with E-state index in [-0.39, 0.29) is 11.4 Å². The number of H-pyrrole nitrogens is 1. The van der Waals surface area contributed by atoms with Crippen molar-refractivity contribution in [2.45, 2.75) is 44.1 Å². The fourth-order valence-electron chi connectivity index (χ4n) is 3.96. The number of carbonyl (C=O) groups excluding carboxylic acids is 1. The zero-order valence-corrected chi connectivity index (χ0v) is 15.0. The minimum Gasteiger partial charge on any atom is -0.481 e. The van der Waals surface area contributed by atoms with Crippen LogP contribution in [0.1, 0.15) is 49.0 Å². The van der Waals surface area contributed by atoms with E-state index in [2.05, 4.69) is 20.1 Å². The number of amides is 1. The van der Waals surface area contributed by atoms with Gasteiger partial charge in [-0.1, -0.05) is 11.6 Å². The molecule has 2 fully saturated rings. The van der Waals surface area contributed by atoms with Crippen LogP contribution in [0.15, 0.2) is 18.3 Å². The number of likely N-dealkylation sites (tertiary alicyclic amines) is 1. The predicted molar refractivity (Wildman–Crippen MR) is 94.9 cm³/mol. The molecule has 1 N–H and O–H groups in total. The maximum absolute atomic E-state index is 13.0. The SMILES string of the molecule is COc1cc(-c2cc(C(=O)N3CCCCC34CCC4)[nH]n2)c(Cl)cn1. The van der Waals surface area contributed by atoms with Crippen molar-refractivity contribution >= 4 is 17.5 Å². The molecule has 2 aromatic heterocycles. The van der Waals surface area contributed by atoms with E-state index in [4.69, 9.17) is 16.3 Å². The summed E-state index contributed by atoms with van der Waals surface area (Å²) >= 11 is 6.23. The van der Waals surface area contributed by atoms with Crippen LogP contribution >= 0.6 is 11.6 Å². The zero-order valence-electron chi connectivity index (χ0n) is 14.2. The maximum atomic E-state index is 13.0. The van der Waals surface area contributed by atoms with Crippen LogP contribution in [0.2, 0.25) is 5.02 Å². The average Bonchev–Trinajstić information content (AvgIpc) is 3.10. The Morgan fingerprint density at radius 1 is 1.28 bits per heavy atom. The molecule has 1 spiro atoms. The molecule has 0 bridgehead atoms. The molecule has 1 aliphatic heterocycles. The van der Waals surface area contributed by atoms with E-state index >= 15 is 0 Å². The van der Waals surface area contributed by atoms with E-state index in [0.29, 0.717) is 27.9 Å². The number of aromatic amines is 1. The van der Waals surface area contributed by atoms with Crippen molar-refractivity contribution in [2.24, 2.45) is 0 Å². The predicted octanol–water partition coefficient (Wildman–Crippen LogP) is 3.68. The second-order valence-corrected chi connectivity index (χ2v) is 7.27. The van der Waals surface area contributed by atoms with Crippen LogP contribution in [-0.2, 0) is 0 Å². The van der Waals surface area contributed by atoms with Gasteiger partial charge in [0.05, 0.1) is 24.0 Å². The molecule has 25 heavy (non-hydrogen) atoms. The molecule has 132 valence electrons. The first-order valence-electron chi connectivity index (χ1n) is 8.70. The Balaban J connectivity index is 1.62. The number of piperidine rings is 1. The van der Waals surface area contributed by atoms with E-state index < -0.39 is 0 Å². The molecule has 0 radical (unpaired) electrons. The molecule has 3 heterocycles. The third kappa shape index (κ3) is 2.78. The van der Waals surface area contributed by atoms with Gasteiger partial charge in [-0.3, -0.25) is 9.89 Å². The van der Waals surface area contributed by atoms with Crippen molar-refractivity contribution < 1.29 is 9.53 Å². The number of halogens is 1. The molecule has 4 rings (SSSR count). The van der Waals surface area contributed by atoms with Gasteiger partial charge in [0.25, 0.3) is 5.91 Å². The highest BCUT2D eigenvalue weighted by molar-refractivity contribution is 6.33. The first-order valence-corrected chi connectivity index (χ1v) is 9.08. The van der Waals surface area contributed by atoms with Crippen molar-refractivity contribution in [3.63, 3.8) is 0 Å². The molecule has 0 aromatic carbocycles. The summed E-state index contributed by atoms with van der Waals surface area (Å²) in [6.07, 6.45) is 8.38. The number of methoxy groups -OCH3 is 1. The van der Waals surface area contributed by atoms with Crippen molar-refractivity contribution in [3.05, 3.63) is 29.0 Å². The number of aromatic nitrogens is 3. The molecule has 2 aliphatic rings. The van der Waals surface area contributed by atoms with Crippen LogP contribution in [0.5, 0.6) is 5.88 Å². The van der Waals surface area contributed by atoms with E-state index in [1.807, 2.05) is 0 Å². The van der Waals surface area contributed by atoms with E-state index in [0.717, 1.165) is 32.2 Å². The van der Waals surface area contributed by atoms with Crippen LogP contribution in [0.4, 0.5) is 0 Å². The number of nitrogens with zero attached hydrogens (tertiary/aromatic N) is 3. The summed E-state index contributed by atoms with van der Waals surface area (Å²) in [6, 6.07) is 3.49. The smallest absolute Gasteiger partial charge is 0.272 e.